The van der Waals surface area contributed by atoms with E-state index in [9.17, 15) is 9.90 Å². The van der Waals surface area contributed by atoms with Gasteiger partial charge in [0.25, 0.3) is 0 Å². The standard InChI is InChI=1S/C18H17N3O2S/c1-12-7-9-14(10-8-12)17-19-18(21-20-17)24-15(11-16(22)23)13-5-3-2-4-6-13/h2-10,15H,11H2,1H3,(H,22,23)(H,19,20,21)/p-1/t15-/m1/s1. The van der Waals surface area contributed by atoms with Crippen molar-refractivity contribution in [2.75, 3.05) is 0 Å². The van der Waals surface area contributed by atoms with E-state index in [1.54, 1.807) is 0 Å². The summed E-state index contributed by atoms with van der Waals surface area (Å²) in [5, 5.41) is 18.4. The van der Waals surface area contributed by atoms with Crippen LogP contribution in [0.25, 0.3) is 11.4 Å². The van der Waals surface area contributed by atoms with Crippen molar-refractivity contribution in [3.63, 3.8) is 0 Å². The molecule has 0 aliphatic rings. The molecule has 0 spiro atoms. The van der Waals surface area contributed by atoms with Crippen molar-refractivity contribution in [1.82, 2.24) is 15.2 Å². The van der Waals surface area contributed by atoms with Crippen LogP contribution in [0.2, 0.25) is 0 Å². The lowest BCUT2D eigenvalue weighted by Crippen LogP contribution is -2.23. The lowest BCUT2D eigenvalue weighted by Gasteiger charge is -2.15. The predicted molar refractivity (Wildman–Crippen MR) is 91.2 cm³/mol. The average Bonchev–Trinajstić information content (AvgIpc) is 3.04. The smallest absolute Gasteiger partial charge is 0.209 e. The maximum absolute atomic E-state index is 11.1. The van der Waals surface area contributed by atoms with Crippen molar-refractivity contribution < 1.29 is 9.90 Å². The lowest BCUT2D eigenvalue weighted by atomic mass is 10.1. The van der Waals surface area contributed by atoms with Gasteiger partial charge in [-0.25, -0.2) is 4.98 Å². The SMILES string of the molecule is Cc1ccc(-c2nc(S[C@H](CC(=O)[O-])c3ccccc3)n[nH]2)cc1. The Bertz CT molecular complexity index is 816. The molecular weight excluding hydrogens is 322 g/mol. The highest BCUT2D eigenvalue weighted by atomic mass is 32.2. The first-order chi connectivity index (χ1) is 11.6. The van der Waals surface area contributed by atoms with E-state index in [-0.39, 0.29) is 11.7 Å². The van der Waals surface area contributed by atoms with Crippen LogP contribution in [0.1, 0.15) is 22.8 Å². The number of aromatic nitrogens is 3. The summed E-state index contributed by atoms with van der Waals surface area (Å²) in [6, 6.07) is 17.4. The summed E-state index contributed by atoms with van der Waals surface area (Å²) < 4.78 is 0. The van der Waals surface area contributed by atoms with Crippen molar-refractivity contribution in [1.29, 1.82) is 0 Å². The number of carbonyl (C=O) groups excluding carboxylic acids is 1. The molecule has 122 valence electrons. The van der Waals surface area contributed by atoms with Crippen molar-refractivity contribution in [2.45, 2.75) is 23.8 Å². The molecule has 1 aromatic heterocycles. The van der Waals surface area contributed by atoms with Gasteiger partial charge in [0.2, 0.25) is 5.16 Å². The van der Waals surface area contributed by atoms with Crippen molar-refractivity contribution in [2.24, 2.45) is 0 Å². The molecule has 5 nitrogen and oxygen atoms in total. The Balaban J connectivity index is 1.80. The number of aromatic amines is 1. The van der Waals surface area contributed by atoms with Gasteiger partial charge in [0.05, 0.1) is 0 Å². The molecule has 3 rings (SSSR count). The summed E-state index contributed by atoms with van der Waals surface area (Å²) in [4.78, 5) is 15.5. The molecule has 0 fully saturated rings. The fourth-order valence-corrected chi connectivity index (χ4v) is 3.32. The Morgan fingerprint density at radius 2 is 1.88 bits per heavy atom. The second-order valence-corrected chi connectivity index (χ2v) is 6.60. The molecule has 0 bridgehead atoms. The van der Waals surface area contributed by atoms with Crippen LogP contribution in [0.3, 0.4) is 0 Å². The third kappa shape index (κ3) is 4.02. The van der Waals surface area contributed by atoms with Crippen LogP contribution in [0, 0.1) is 6.92 Å². The molecule has 1 heterocycles. The first-order valence-electron chi connectivity index (χ1n) is 7.53. The molecule has 1 atom stereocenters. The Labute approximate surface area is 144 Å². The highest BCUT2D eigenvalue weighted by molar-refractivity contribution is 7.99. The van der Waals surface area contributed by atoms with E-state index in [1.165, 1.54) is 17.3 Å². The molecular formula is C18H16N3O2S-. The van der Waals surface area contributed by atoms with E-state index in [4.69, 9.17) is 0 Å². The predicted octanol–water partition coefficient (Wildman–Crippen LogP) is 2.75. The number of carboxylic acid groups (broad SMARTS) is 1. The summed E-state index contributed by atoms with van der Waals surface area (Å²) in [5.74, 6) is -0.427. The Morgan fingerprint density at radius 3 is 2.54 bits per heavy atom. The first-order valence-corrected chi connectivity index (χ1v) is 8.40. The number of thioether (sulfide) groups is 1. The second kappa shape index (κ2) is 7.31. The number of hydrogen-bond acceptors (Lipinski definition) is 5. The zero-order valence-electron chi connectivity index (χ0n) is 13.1. The quantitative estimate of drug-likeness (QED) is 0.699. The van der Waals surface area contributed by atoms with Crippen molar-refractivity contribution in [3.8, 4) is 11.4 Å². The van der Waals surface area contributed by atoms with Crippen LogP contribution in [-0.4, -0.2) is 21.2 Å². The fraction of sp³-hybridized carbons (Fsp3) is 0.167. The molecule has 6 heteroatoms. The first kappa shape index (κ1) is 16.3. The lowest BCUT2D eigenvalue weighted by molar-refractivity contribution is -0.305. The fourth-order valence-electron chi connectivity index (χ4n) is 2.31. The number of nitrogens with one attached hydrogen (secondary N) is 1. The maximum atomic E-state index is 11.1. The van der Waals surface area contributed by atoms with E-state index in [2.05, 4.69) is 15.2 Å². The van der Waals surface area contributed by atoms with Gasteiger partial charge in [-0.3, -0.25) is 5.10 Å². The number of aliphatic carboxylic acids is 1. The summed E-state index contributed by atoms with van der Waals surface area (Å²) in [6.07, 6.45) is -0.0942. The zero-order valence-corrected chi connectivity index (χ0v) is 13.9. The number of carboxylic acids is 1. The van der Waals surface area contributed by atoms with Gasteiger partial charge in [-0.1, -0.05) is 71.9 Å². The van der Waals surface area contributed by atoms with E-state index in [0.29, 0.717) is 11.0 Å². The normalized spacial score (nSPS) is 12.0. The topological polar surface area (TPSA) is 81.7 Å². The maximum Gasteiger partial charge on any atom is 0.209 e. The third-order valence-corrected chi connectivity index (χ3v) is 4.68. The van der Waals surface area contributed by atoms with E-state index < -0.39 is 5.97 Å². The molecule has 0 saturated heterocycles. The van der Waals surface area contributed by atoms with Crippen LogP contribution >= 0.6 is 11.8 Å². The van der Waals surface area contributed by atoms with Gasteiger partial charge in [-0.2, -0.15) is 0 Å². The minimum absolute atomic E-state index is 0.0942. The molecule has 3 aromatic rings. The number of hydrogen-bond donors (Lipinski definition) is 1. The average molecular weight is 338 g/mol. The summed E-state index contributed by atoms with van der Waals surface area (Å²) in [7, 11) is 0. The van der Waals surface area contributed by atoms with Gasteiger partial charge in [-0.15, -0.1) is 5.10 Å². The summed E-state index contributed by atoms with van der Waals surface area (Å²) in [5.41, 5.74) is 3.02. The van der Waals surface area contributed by atoms with Gasteiger partial charge >= 0.3 is 0 Å². The molecule has 0 aliphatic carbocycles. The minimum atomic E-state index is -1.09. The van der Waals surface area contributed by atoms with Crippen LogP contribution in [-0.2, 0) is 4.79 Å². The molecule has 0 unspecified atom stereocenters. The van der Waals surface area contributed by atoms with Crippen LogP contribution < -0.4 is 5.11 Å². The van der Waals surface area contributed by atoms with Crippen LogP contribution in [0.5, 0.6) is 0 Å². The van der Waals surface area contributed by atoms with E-state index >= 15 is 0 Å². The molecule has 24 heavy (non-hydrogen) atoms. The van der Waals surface area contributed by atoms with Crippen molar-refractivity contribution >= 4 is 17.7 Å². The highest BCUT2D eigenvalue weighted by Crippen LogP contribution is 2.36. The third-order valence-electron chi connectivity index (χ3n) is 3.56. The number of rotatable bonds is 6. The Hall–Kier alpha value is -2.60. The van der Waals surface area contributed by atoms with E-state index in [0.717, 1.165) is 11.1 Å². The summed E-state index contributed by atoms with van der Waals surface area (Å²) in [6.45, 7) is 2.02. The largest absolute Gasteiger partial charge is 0.550 e. The van der Waals surface area contributed by atoms with E-state index in [1.807, 2.05) is 61.5 Å². The number of H-pyrrole nitrogens is 1. The number of carbonyl (C=O) groups is 1. The van der Waals surface area contributed by atoms with Crippen LogP contribution in [0.4, 0.5) is 0 Å². The van der Waals surface area contributed by atoms with Gasteiger partial charge in [0, 0.05) is 23.2 Å². The van der Waals surface area contributed by atoms with Gasteiger partial charge in [-0.05, 0) is 12.5 Å². The Kier molecular flexibility index (Phi) is 4.96. The molecule has 0 radical (unpaired) electrons. The monoisotopic (exact) mass is 338 g/mol. The van der Waals surface area contributed by atoms with Crippen LogP contribution in [0.15, 0.2) is 59.8 Å². The van der Waals surface area contributed by atoms with Gasteiger partial charge in [0.15, 0.2) is 5.82 Å². The number of nitrogens with zero attached hydrogens (tertiary/aromatic N) is 2. The van der Waals surface area contributed by atoms with Gasteiger partial charge < -0.3 is 9.90 Å². The van der Waals surface area contributed by atoms with Crippen molar-refractivity contribution in [3.05, 3.63) is 65.7 Å². The van der Waals surface area contributed by atoms with Gasteiger partial charge in [0.1, 0.15) is 0 Å². The minimum Gasteiger partial charge on any atom is -0.550 e. The highest BCUT2D eigenvalue weighted by Gasteiger charge is 2.17. The Morgan fingerprint density at radius 1 is 1.17 bits per heavy atom. The molecule has 0 amide bonds. The zero-order chi connectivity index (χ0) is 16.9. The number of aryl methyl sites for hydroxylation is 1. The second-order valence-electron chi connectivity index (χ2n) is 5.43. The molecule has 0 aliphatic heterocycles. The molecule has 0 saturated carbocycles. The number of benzene rings is 2. The molecule has 1 N–H and O–H groups in total. The summed E-state index contributed by atoms with van der Waals surface area (Å²) >= 11 is 1.31. The molecule has 2 aromatic carbocycles.